The third kappa shape index (κ3) is 1.57. The first-order valence-electron chi connectivity index (χ1n) is 6.40. The molecule has 0 bridgehead atoms. The minimum Gasteiger partial charge on any atom is -0.346 e. The topological polar surface area (TPSA) is 68.9 Å². The summed E-state index contributed by atoms with van der Waals surface area (Å²) in [6, 6.07) is 2.01. The first-order valence-corrected chi connectivity index (χ1v) is 6.40. The Morgan fingerprint density at radius 3 is 2.89 bits per heavy atom. The highest BCUT2D eigenvalue weighted by molar-refractivity contribution is 5.86. The van der Waals surface area contributed by atoms with Gasteiger partial charge in [-0.1, -0.05) is 0 Å². The summed E-state index contributed by atoms with van der Waals surface area (Å²) in [4.78, 5) is 11.6. The second-order valence-corrected chi connectivity index (χ2v) is 5.16. The zero-order valence-electron chi connectivity index (χ0n) is 10.1. The second kappa shape index (κ2) is 3.93. The summed E-state index contributed by atoms with van der Waals surface area (Å²) in [5, 5.41) is 6.78. The number of aromatic nitrogens is 3. The minimum atomic E-state index is 0.779. The molecule has 6 heteroatoms. The van der Waals surface area contributed by atoms with E-state index >= 15 is 0 Å². The zero-order chi connectivity index (χ0) is 11.9. The highest BCUT2D eigenvalue weighted by Crippen LogP contribution is 2.27. The predicted octanol–water partition coefficient (Wildman–Crippen LogP) is 0.436. The van der Waals surface area contributed by atoms with Gasteiger partial charge in [0.05, 0.1) is 5.39 Å². The molecule has 94 valence electrons. The van der Waals surface area contributed by atoms with Crippen LogP contribution >= 0.6 is 0 Å². The number of hydrazine groups is 1. The number of fused-ring (bicyclic) bond motifs is 2. The third-order valence-electron chi connectivity index (χ3n) is 4.01. The molecule has 2 aromatic rings. The smallest absolute Gasteiger partial charge is 0.153 e. The molecule has 18 heavy (non-hydrogen) atoms. The fraction of sp³-hybridized carbons (Fsp3) is 0.500. The average molecular weight is 244 g/mol. The molecule has 0 amide bonds. The number of aromatic amines is 1. The van der Waals surface area contributed by atoms with Crippen LogP contribution in [-0.2, 0) is 0 Å². The van der Waals surface area contributed by atoms with Crippen molar-refractivity contribution in [3.63, 3.8) is 0 Å². The quantitative estimate of drug-likeness (QED) is 0.715. The van der Waals surface area contributed by atoms with E-state index in [9.17, 15) is 0 Å². The van der Waals surface area contributed by atoms with Crippen LogP contribution in [-0.4, -0.2) is 46.1 Å². The van der Waals surface area contributed by atoms with Crippen molar-refractivity contribution in [2.24, 2.45) is 11.8 Å². The van der Waals surface area contributed by atoms with E-state index in [4.69, 9.17) is 0 Å². The number of nitrogens with one attached hydrogen (secondary N) is 3. The minimum absolute atomic E-state index is 0.779. The molecule has 0 aromatic carbocycles. The van der Waals surface area contributed by atoms with Crippen molar-refractivity contribution in [2.75, 3.05) is 31.6 Å². The Morgan fingerprint density at radius 1 is 1.22 bits per heavy atom. The molecule has 2 unspecified atom stereocenters. The van der Waals surface area contributed by atoms with Crippen LogP contribution in [0.25, 0.3) is 11.0 Å². The molecule has 0 spiro atoms. The van der Waals surface area contributed by atoms with E-state index in [2.05, 4.69) is 30.7 Å². The standard InChI is InChI=1S/C12H16N6/c1-2-14-11-10(1)12(16-7-15-11)17-18-5-8-3-13-4-9(8)6-18/h1-2,7-9,13H,3-6H2,(H2,14,15,16,17). The van der Waals surface area contributed by atoms with Crippen LogP contribution in [0.5, 0.6) is 0 Å². The van der Waals surface area contributed by atoms with Crippen LogP contribution in [0.2, 0.25) is 0 Å². The van der Waals surface area contributed by atoms with Crippen LogP contribution in [0.15, 0.2) is 18.6 Å². The second-order valence-electron chi connectivity index (χ2n) is 5.16. The number of hydrogen-bond acceptors (Lipinski definition) is 5. The van der Waals surface area contributed by atoms with E-state index in [1.807, 2.05) is 12.3 Å². The van der Waals surface area contributed by atoms with E-state index < -0.39 is 0 Å². The van der Waals surface area contributed by atoms with Gasteiger partial charge in [0.1, 0.15) is 12.0 Å². The number of rotatable bonds is 2. The van der Waals surface area contributed by atoms with Crippen LogP contribution < -0.4 is 10.7 Å². The highest BCUT2D eigenvalue weighted by atomic mass is 15.5. The molecule has 4 rings (SSSR count). The fourth-order valence-electron chi connectivity index (χ4n) is 3.06. The normalized spacial score (nSPS) is 27.8. The lowest BCUT2D eigenvalue weighted by Gasteiger charge is -2.19. The van der Waals surface area contributed by atoms with Crippen molar-refractivity contribution in [2.45, 2.75) is 0 Å². The van der Waals surface area contributed by atoms with E-state index in [1.54, 1.807) is 6.33 Å². The van der Waals surface area contributed by atoms with E-state index in [0.29, 0.717) is 0 Å². The van der Waals surface area contributed by atoms with Crippen LogP contribution in [0.3, 0.4) is 0 Å². The lowest BCUT2D eigenvalue weighted by atomic mass is 10.0. The predicted molar refractivity (Wildman–Crippen MR) is 68.9 cm³/mol. The van der Waals surface area contributed by atoms with Crippen LogP contribution in [0.4, 0.5) is 5.82 Å². The SMILES string of the molecule is c1nc(NN2CC3CNCC3C2)c2cc[nH]c2n1. The molecule has 0 saturated carbocycles. The molecule has 2 aromatic heterocycles. The largest absolute Gasteiger partial charge is 0.346 e. The number of anilines is 1. The van der Waals surface area contributed by atoms with Crippen molar-refractivity contribution in [3.05, 3.63) is 18.6 Å². The van der Waals surface area contributed by atoms with Gasteiger partial charge in [-0.3, -0.25) is 0 Å². The highest BCUT2D eigenvalue weighted by Gasteiger charge is 2.36. The molecular weight excluding hydrogens is 228 g/mol. The summed E-state index contributed by atoms with van der Waals surface area (Å²) in [6.07, 6.45) is 3.49. The van der Waals surface area contributed by atoms with Crippen LogP contribution in [0.1, 0.15) is 0 Å². The van der Waals surface area contributed by atoms with Gasteiger partial charge in [0.2, 0.25) is 0 Å². The van der Waals surface area contributed by atoms with Gasteiger partial charge in [0.15, 0.2) is 5.82 Å². The Bertz CT molecular complexity index is 552. The van der Waals surface area contributed by atoms with Gasteiger partial charge in [-0.25, -0.2) is 15.0 Å². The molecule has 2 atom stereocenters. The van der Waals surface area contributed by atoms with Gasteiger partial charge in [-0.2, -0.15) is 0 Å². The number of hydrogen-bond donors (Lipinski definition) is 3. The Hall–Kier alpha value is -1.66. The summed E-state index contributed by atoms with van der Waals surface area (Å²) < 4.78 is 0. The Kier molecular flexibility index (Phi) is 2.24. The lowest BCUT2D eigenvalue weighted by Crippen LogP contribution is -2.31. The molecule has 2 saturated heterocycles. The molecule has 2 fully saturated rings. The summed E-state index contributed by atoms with van der Waals surface area (Å²) in [5.41, 5.74) is 4.32. The van der Waals surface area contributed by atoms with Crippen molar-refractivity contribution in [1.82, 2.24) is 25.3 Å². The summed E-state index contributed by atoms with van der Waals surface area (Å²) in [7, 11) is 0. The molecule has 4 heterocycles. The van der Waals surface area contributed by atoms with Gasteiger partial charge in [-0.05, 0) is 31.0 Å². The molecule has 2 aliphatic heterocycles. The zero-order valence-corrected chi connectivity index (χ0v) is 10.1. The van der Waals surface area contributed by atoms with Gasteiger partial charge in [-0.15, -0.1) is 0 Å². The Morgan fingerprint density at radius 2 is 2.06 bits per heavy atom. The first-order chi connectivity index (χ1) is 8.90. The summed E-state index contributed by atoms with van der Waals surface area (Å²) >= 11 is 0. The van der Waals surface area contributed by atoms with E-state index in [1.165, 1.54) is 0 Å². The molecule has 6 nitrogen and oxygen atoms in total. The number of H-pyrrole nitrogens is 1. The Labute approximate surface area is 105 Å². The van der Waals surface area contributed by atoms with Crippen molar-refractivity contribution in [1.29, 1.82) is 0 Å². The van der Waals surface area contributed by atoms with Crippen LogP contribution in [0, 0.1) is 11.8 Å². The molecular formula is C12H16N6. The monoisotopic (exact) mass is 244 g/mol. The molecule has 2 aliphatic rings. The summed E-state index contributed by atoms with van der Waals surface area (Å²) in [6.45, 7) is 4.47. The first kappa shape index (κ1) is 10.3. The number of nitrogens with zero attached hydrogens (tertiary/aromatic N) is 3. The van der Waals surface area contributed by atoms with Crippen molar-refractivity contribution >= 4 is 16.9 Å². The van der Waals surface area contributed by atoms with Gasteiger partial charge in [0, 0.05) is 19.3 Å². The van der Waals surface area contributed by atoms with Crippen molar-refractivity contribution < 1.29 is 0 Å². The fourth-order valence-corrected chi connectivity index (χ4v) is 3.06. The Balaban J connectivity index is 1.56. The molecule has 0 radical (unpaired) electrons. The van der Waals surface area contributed by atoms with Gasteiger partial charge < -0.3 is 15.7 Å². The van der Waals surface area contributed by atoms with E-state index in [-0.39, 0.29) is 0 Å². The van der Waals surface area contributed by atoms with Gasteiger partial charge >= 0.3 is 0 Å². The van der Waals surface area contributed by atoms with E-state index in [0.717, 1.165) is 54.9 Å². The van der Waals surface area contributed by atoms with Gasteiger partial charge in [0.25, 0.3) is 0 Å². The maximum Gasteiger partial charge on any atom is 0.153 e. The average Bonchev–Trinajstić information content (AvgIpc) is 3.01. The third-order valence-corrected chi connectivity index (χ3v) is 4.01. The summed E-state index contributed by atoms with van der Waals surface area (Å²) in [5.74, 6) is 2.45. The molecule has 3 N–H and O–H groups in total. The maximum atomic E-state index is 4.34. The lowest BCUT2D eigenvalue weighted by molar-refractivity contribution is 0.374. The maximum absolute atomic E-state index is 4.34. The molecule has 0 aliphatic carbocycles. The van der Waals surface area contributed by atoms with Crippen molar-refractivity contribution in [3.8, 4) is 0 Å².